The van der Waals surface area contributed by atoms with Crippen molar-refractivity contribution in [1.29, 1.82) is 0 Å². The number of hydrogen-bond donors (Lipinski definition) is 1. The second kappa shape index (κ2) is 7.07. The van der Waals surface area contributed by atoms with E-state index in [1.54, 1.807) is 12.3 Å². The molecule has 3 rings (SSSR count). The van der Waals surface area contributed by atoms with Crippen LogP contribution < -0.4 is 10.2 Å². The maximum atomic E-state index is 12.0. The molecular weight excluding hydrogens is 312 g/mol. The zero-order valence-corrected chi connectivity index (χ0v) is 13.1. The lowest BCUT2D eigenvalue weighted by atomic mass is 10.1. The third kappa shape index (κ3) is 3.86. The predicted molar refractivity (Wildman–Crippen MR) is 87.8 cm³/mol. The predicted octanol–water partition coefficient (Wildman–Crippen LogP) is 1.82. The monoisotopic (exact) mass is 330 g/mol. The highest BCUT2D eigenvalue weighted by molar-refractivity contribution is 5.89. The van der Waals surface area contributed by atoms with Crippen molar-refractivity contribution >= 4 is 23.2 Å². The smallest absolute Gasteiger partial charge is 0.370 e. The fourth-order valence-electron chi connectivity index (χ4n) is 2.67. The summed E-state index contributed by atoms with van der Waals surface area (Å²) in [5, 5.41) is 16.9. The fraction of sp³-hybridized carbons (Fsp3) is 0.400. The molecule has 126 valence electrons. The number of hydrogen-bond acceptors (Lipinski definition) is 6. The van der Waals surface area contributed by atoms with Gasteiger partial charge in [0, 0.05) is 13.1 Å². The zero-order chi connectivity index (χ0) is 16.9. The van der Waals surface area contributed by atoms with Crippen LogP contribution in [0, 0.1) is 10.1 Å². The van der Waals surface area contributed by atoms with E-state index in [-0.39, 0.29) is 18.3 Å². The topological polar surface area (TPSA) is 106 Å². The minimum absolute atomic E-state index is 0.108. The molecule has 0 unspecified atom stereocenters. The van der Waals surface area contributed by atoms with E-state index < -0.39 is 4.92 Å². The van der Waals surface area contributed by atoms with Crippen LogP contribution in [0.2, 0.25) is 0 Å². The highest BCUT2D eigenvalue weighted by Gasteiger charge is 2.14. The van der Waals surface area contributed by atoms with Crippen LogP contribution >= 0.6 is 0 Å². The number of amides is 1. The van der Waals surface area contributed by atoms with Gasteiger partial charge in [-0.25, -0.2) is 4.98 Å². The Bertz CT molecular complexity index is 721. The number of anilines is 2. The summed E-state index contributed by atoms with van der Waals surface area (Å²) in [6, 6.07) is 4.94. The summed E-state index contributed by atoms with van der Waals surface area (Å²) in [5.74, 6) is -0.180. The molecular formula is C15H18N6O3. The van der Waals surface area contributed by atoms with Crippen molar-refractivity contribution < 1.29 is 9.72 Å². The van der Waals surface area contributed by atoms with E-state index >= 15 is 0 Å². The summed E-state index contributed by atoms with van der Waals surface area (Å²) in [7, 11) is 0. The minimum atomic E-state index is -0.602. The summed E-state index contributed by atoms with van der Waals surface area (Å²) in [6.45, 7) is 1.96. The largest absolute Gasteiger partial charge is 0.389 e. The van der Waals surface area contributed by atoms with Gasteiger partial charge in [0.1, 0.15) is 12.4 Å². The summed E-state index contributed by atoms with van der Waals surface area (Å²) >= 11 is 0. The van der Waals surface area contributed by atoms with E-state index in [1.165, 1.54) is 36.2 Å². The van der Waals surface area contributed by atoms with Gasteiger partial charge in [-0.1, -0.05) is 0 Å². The van der Waals surface area contributed by atoms with Gasteiger partial charge in [0.15, 0.2) is 0 Å². The van der Waals surface area contributed by atoms with Crippen molar-refractivity contribution in [1.82, 2.24) is 14.8 Å². The first-order chi connectivity index (χ1) is 11.6. The molecule has 1 amide bonds. The molecule has 2 aromatic heterocycles. The van der Waals surface area contributed by atoms with Crippen LogP contribution in [0.5, 0.6) is 0 Å². The van der Waals surface area contributed by atoms with Crippen molar-refractivity contribution in [2.45, 2.75) is 25.8 Å². The van der Waals surface area contributed by atoms with Crippen LogP contribution in [-0.4, -0.2) is 38.7 Å². The average Bonchev–Trinajstić information content (AvgIpc) is 3.05. The Labute approximate surface area is 138 Å². The molecule has 0 saturated carbocycles. The molecule has 0 aromatic carbocycles. The number of nitro groups is 1. The van der Waals surface area contributed by atoms with Crippen LogP contribution in [0.3, 0.4) is 0 Å². The number of rotatable bonds is 5. The van der Waals surface area contributed by atoms with Crippen LogP contribution in [-0.2, 0) is 11.3 Å². The minimum Gasteiger partial charge on any atom is -0.370 e. The van der Waals surface area contributed by atoms with Gasteiger partial charge >= 0.3 is 5.82 Å². The van der Waals surface area contributed by atoms with Crippen LogP contribution in [0.4, 0.5) is 17.3 Å². The molecule has 9 nitrogen and oxygen atoms in total. The molecule has 1 saturated heterocycles. The maximum absolute atomic E-state index is 12.0. The number of carbonyl (C=O) groups excluding carboxylic acids is 1. The average molecular weight is 330 g/mol. The summed E-state index contributed by atoms with van der Waals surface area (Å²) in [6.07, 6.45) is 6.79. The SMILES string of the molecule is O=C(Cn1ccc([N+](=O)[O-])n1)Nc1ccc(N2CCCCC2)cn1. The van der Waals surface area contributed by atoms with Gasteiger partial charge in [0.25, 0.3) is 0 Å². The molecule has 9 heteroatoms. The first-order valence-corrected chi connectivity index (χ1v) is 7.80. The molecule has 3 heterocycles. The molecule has 1 N–H and O–H groups in total. The van der Waals surface area contributed by atoms with E-state index in [0.717, 1.165) is 18.8 Å². The molecule has 0 bridgehead atoms. The summed E-state index contributed by atoms with van der Waals surface area (Å²) < 4.78 is 1.22. The molecule has 0 radical (unpaired) electrons. The quantitative estimate of drug-likeness (QED) is 0.662. The second-order valence-electron chi connectivity index (χ2n) is 5.63. The van der Waals surface area contributed by atoms with Crippen molar-refractivity contribution in [3.05, 3.63) is 40.7 Å². The Morgan fingerprint density at radius 2 is 2.04 bits per heavy atom. The fourth-order valence-corrected chi connectivity index (χ4v) is 2.67. The van der Waals surface area contributed by atoms with Gasteiger partial charge in [0.05, 0.1) is 29.2 Å². The third-order valence-electron chi connectivity index (χ3n) is 3.86. The number of carbonyl (C=O) groups is 1. The van der Waals surface area contributed by atoms with Gasteiger partial charge in [-0.15, -0.1) is 0 Å². The molecule has 0 aliphatic carbocycles. The van der Waals surface area contributed by atoms with E-state index in [0.29, 0.717) is 5.82 Å². The highest BCUT2D eigenvalue weighted by Crippen LogP contribution is 2.19. The number of nitrogens with zero attached hydrogens (tertiary/aromatic N) is 5. The van der Waals surface area contributed by atoms with E-state index in [2.05, 4.69) is 20.3 Å². The van der Waals surface area contributed by atoms with Gasteiger partial charge in [0.2, 0.25) is 5.91 Å². The van der Waals surface area contributed by atoms with Gasteiger partial charge in [-0.05, 0) is 36.3 Å². The van der Waals surface area contributed by atoms with Crippen LogP contribution in [0.15, 0.2) is 30.6 Å². The summed E-state index contributed by atoms with van der Waals surface area (Å²) in [5.41, 5.74) is 1.05. The Balaban J connectivity index is 1.56. The lowest BCUT2D eigenvalue weighted by Gasteiger charge is -2.28. The molecule has 1 aliphatic rings. The standard InChI is InChI=1S/C15H18N6O3/c22-15(11-20-9-6-14(18-20)21(23)24)17-13-5-4-12(10-16-13)19-7-2-1-3-8-19/h4-6,9-10H,1-3,7-8,11H2,(H,16,17,22). The number of piperidine rings is 1. The molecule has 24 heavy (non-hydrogen) atoms. The van der Waals surface area contributed by atoms with Gasteiger partial charge in [-0.3, -0.25) is 4.79 Å². The Morgan fingerprint density at radius 3 is 2.67 bits per heavy atom. The van der Waals surface area contributed by atoms with Crippen molar-refractivity contribution in [2.24, 2.45) is 0 Å². The number of aromatic nitrogens is 3. The molecule has 0 atom stereocenters. The van der Waals surface area contributed by atoms with Crippen LogP contribution in [0.1, 0.15) is 19.3 Å². The lowest BCUT2D eigenvalue weighted by molar-refractivity contribution is -0.389. The Hall–Kier alpha value is -2.97. The third-order valence-corrected chi connectivity index (χ3v) is 3.86. The maximum Gasteiger partial charge on any atom is 0.389 e. The van der Waals surface area contributed by atoms with Gasteiger partial charge in [-0.2, -0.15) is 4.68 Å². The Morgan fingerprint density at radius 1 is 1.25 bits per heavy atom. The van der Waals surface area contributed by atoms with Crippen molar-refractivity contribution in [3.63, 3.8) is 0 Å². The number of nitrogens with one attached hydrogen (secondary N) is 1. The normalized spacial score (nSPS) is 14.4. The first-order valence-electron chi connectivity index (χ1n) is 7.80. The lowest BCUT2D eigenvalue weighted by Crippen LogP contribution is -2.29. The molecule has 2 aromatic rings. The number of pyridine rings is 1. The molecule has 1 fully saturated rings. The van der Waals surface area contributed by atoms with Gasteiger partial charge < -0.3 is 20.3 Å². The van der Waals surface area contributed by atoms with E-state index in [9.17, 15) is 14.9 Å². The molecule has 1 aliphatic heterocycles. The Kier molecular flexibility index (Phi) is 4.69. The first kappa shape index (κ1) is 15.9. The molecule has 0 spiro atoms. The highest BCUT2D eigenvalue weighted by atomic mass is 16.6. The van der Waals surface area contributed by atoms with Crippen molar-refractivity contribution in [2.75, 3.05) is 23.3 Å². The zero-order valence-electron chi connectivity index (χ0n) is 13.1. The summed E-state index contributed by atoms with van der Waals surface area (Å²) in [4.78, 5) is 28.5. The van der Waals surface area contributed by atoms with E-state index in [4.69, 9.17) is 0 Å². The van der Waals surface area contributed by atoms with E-state index in [1.807, 2.05) is 6.07 Å². The second-order valence-corrected chi connectivity index (χ2v) is 5.63. The van der Waals surface area contributed by atoms with Crippen LogP contribution in [0.25, 0.3) is 0 Å². The van der Waals surface area contributed by atoms with Crippen molar-refractivity contribution in [3.8, 4) is 0 Å².